The first kappa shape index (κ1) is 21.1. The summed E-state index contributed by atoms with van der Waals surface area (Å²) in [4.78, 5) is 9.67. The number of hydrogen-bond donors (Lipinski definition) is 2. The van der Waals surface area contributed by atoms with Gasteiger partial charge >= 0.3 is 0 Å². The zero-order valence-electron chi connectivity index (χ0n) is 20.1. The van der Waals surface area contributed by atoms with Gasteiger partial charge < -0.3 is 10.0 Å². The fraction of sp³-hybridized carbons (Fsp3) is 0.464. The van der Waals surface area contributed by atoms with E-state index >= 15 is 0 Å². The Morgan fingerprint density at radius 3 is 2.89 bits per heavy atom. The molecule has 2 aliphatic carbocycles. The first-order valence-corrected chi connectivity index (χ1v) is 12.7. The third kappa shape index (κ3) is 2.90. The molecule has 2 aromatic heterocycles. The molecule has 4 aliphatic rings. The van der Waals surface area contributed by atoms with Crippen LogP contribution in [0.4, 0.5) is 5.82 Å². The zero-order valence-corrected chi connectivity index (χ0v) is 20.1. The number of anilines is 1. The smallest absolute Gasteiger partial charge is 0.147 e. The molecule has 1 aromatic carbocycles. The average molecular weight is 467 g/mol. The number of likely N-dealkylation sites (tertiary alicyclic amines) is 1. The highest BCUT2D eigenvalue weighted by Gasteiger charge is 2.50. The van der Waals surface area contributed by atoms with Crippen molar-refractivity contribution >= 4 is 16.7 Å². The number of H-pyrrole nitrogens is 1. The number of aryl methyl sites for hydroxylation is 1. The molecule has 2 aliphatic heterocycles. The van der Waals surface area contributed by atoms with Crippen molar-refractivity contribution in [2.45, 2.75) is 50.7 Å². The molecule has 7 rings (SSSR count). The summed E-state index contributed by atoms with van der Waals surface area (Å²) in [5, 5.41) is 29.3. The largest absolute Gasteiger partial charge is 0.375 e. The van der Waals surface area contributed by atoms with Crippen LogP contribution in [0, 0.1) is 23.7 Å². The van der Waals surface area contributed by atoms with Crippen LogP contribution in [0.3, 0.4) is 0 Å². The van der Waals surface area contributed by atoms with Gasteiger partial charge in [-0.1, -0.05) is 12.6 Å². The lowest BCUT2D eigenvalue weighted by molar-refractivity contribution is -0.0786. The van der Waals surface area contributed by atoms with Gasteiger partial charge in [0.2, 0.25) is 0 Å². The molecular weight excluding hydrogens is 436 g/mol. The molecule has 3 atom stereocenters. The van der Waals surface area contributed by atoms with Gasteiger partial charge in [0, 0.05) is 48.5 Å². The Morgan fingerprint density at radius 1 is 1.26 bits per heavy atom. The number of nitrogens with one attached hydrogen (secondary N) is 1. The van der Waals surface area contributed by atoms with E-state index in [-0.39, 0.29) is 5.41 Å². The van der Waals surface area contributed by atoms with Crippen molar-refractivity contribution < 1.29 is 5.11 Å². The van der Waals surface area contributed by atoms with Crippen LogP contribution in [-0.4, -0.2) is 57.6 Å². The molecule has 1 saturated carbocycles. The van der Waals surface area contributed by atoms with Gasteiger partial charge in [0.05, 0.1) is 17.4 Å². The predicted molar refractivity (Wildman–Crippen MR) is 135 cm³/mol. The standard InChI is InChI=1S/C28H30N6O/c1-3-22(35)34-14-28(15-34)8-9-33(13-28)27-19(11-29)25(24-17-5-6-18(10-17)26(24)31-27)23-16(2)4-7-21-20(23)12-30-32-21/h3-4,7,12,17-18,22,35H,1,5-6,8-10,13-15H2,2H3,(H,30,32)/t17-,18+,22?/m0/s1. The fourth-order valence-electron chi connectivity index (χ4n) is 7.40. The lowest BCUT2D eigenvalue weighted by Crippen LogP contribution is -2.60. The average Bonchev–Trinajstić information content (AvgIpc) is 3.64. The molecule has 35 heavy (non-hydrogen) atoms. The summed E-state index contributed by atoms with van der Waals surface area (Å²) >= 11 is 0. The summed E-state index contributed by atoms with van der Waals surface area (Å²) in [7, 11) is 0. The van der Waals surface area contributed by atoms with E-state index in [2.05, 4.69) is 51.7 Å². The molecule has 7 heteroatoms. The molecule has 7 nitrogen and oxygen atoms in total. The van der Waals surface area contributed by atoms with Crippen LogP contribution >= 0.6 is 0 Å². The summed E-state index contributed by atoms with van der Waals surface area (Å²) < 4.78 is 0. The molecule has 2 N–H and O–H groups in total. The molecule has 1 spiro atoms. The van der Waals surface area contributed by atoms with Gasteiger partial charge in [0.25, 0.3) is 0 Å². The molecular formula is C28H30N6O. The Bertz CT molecular complexity index is 1410. The summed E-state index contributed by atoms with van der Waals surface area (Å²) in [6.07, 6.45) is 7.50. The number of nitriles is 1. The Hall–Kier alpha value is -3.21. The molecule has 1 unspecified atom stereocenters. The van der Waals surface area contributed by atoms with E-state index in [1.807, 2.05) is 6.20 Å². The highest BCUT2D eigenvalue weighted by Crippen LogP contribution is 2.57. The second kappa shape index (κ2) is 7.39. The van der Waals surface area contributed by atoms with Crippen molar-refractivity contribution in [1.82, 2.24) is 20.1 Å². The number of aliphatic hydroxyl groups is 1. The summed E-state index contributed by atoms with van der Waals surface area (Å²) in [5.41, 5.74) is 7.81. The lowest BCUT2D eigenvalue weighted by atomic mass is 9.79. The Labute approximate surface area is 205 Å². The first-order valence-electron chi connectivity index (χ1n) is 12.7. The molecule has 3 fully saturated rings. The number of rotatable bonds is 4. The number of pyridine rings is 1. The molecule has 2 bridgehead atoms. The number of hydrogen-bond acceptors (Lipinski definition) is 6. The van der Waals surface area contributed by atoms with Crippen LogP contribution in [0.15, 0.2) is 31.0 Å². The van der Waals surface area contributed by atoms with E-state index in [4.69, 9.17) is 4.98 Å². The SMILES string of the molecule is C=CC(O)N1CC2(CCN(c3nc4c(c(-c5c(C)ccc6[nH]ncc56)c3C#N)[C@H]3CC[C@@H]4C3)C2)C1. The van der Waals surface area contributed by atoms with Gasteiger partial charge in [0.15, 0.2) is 0 Å². The van der Waals surface area contributed by atoms with Crippen molar-refractivity contribution in [2.24, 2.45) is 5.41 Å². The molecule has 2 saturated heterocycles. The van der Waals surface area contributed by atoms with E-state index in [0.29, 0.717) is 17.4 Å². The maximum absolute atomic E-state index is 10.6. The lowest BCUT2D eigenvalue weighted by Gasteiger charge is -2.49. The molecule has 4 heterocycles. The number of nitrogens with zero attached hydrogens (tertiary/aromatic N) is 5. The van der Waals surface area contributed by atoms with E-state index in [1.165, 1.54) is 29.7 Å². The minimum atomic E-state index is -0.581. The molecule has 0 amide bonds. The maximum atomic E-state index is 10.6. The van der Waals surface area contributed by atoms with Crippen molar-refractivity contribution in [3.05, 3.63) is 53.4 Å². The van der Waals surface area contributed by atoms with Crippen LogP contribution in [0.5, 0.6) is 0 Å². The second-order valence-corrected chi connectivity index (χ2v) is 11.1. The van der Waals surface area contributed by atoms with Gasteiger partial charge in [-0.3, -0.25) is 10.00 Å². The van der Waals surface area contributed by atoms with Gasteiger partial charge in [-0.05, 0) is 67.4 Å². The number of aromatic amines is 1. The van der Waals surface area contributed by atoms with Crippen molar-refractivity contribution in [3.8, 4) is 17.2 Å². The molecule has 0 radical (unpaired) electrons. The summed E-state index contributed by atoms with van der Waals surface area (Å²) in [6.45, 7) is 9.34. The minimum Gasteiger partial charge on any atom is -0.375 e. The van der Waals surface area contributed by atoms with Gasteiger partial charge in [-0.15, -0.1) is 0 Å². The molecule has 178 valence electrons. The van der Waals surface area contributed by atoms with Crippen LogP contribution < -0.4 is 4.90 Å². The fourth-order valence-corrected chi connectivity index (χ4v) is 7.40. The number of aliphatic hydroxyl groups excluding tert-OH is 1. The van der Waals surface area contributed by atoms with Gasteiger partial charge in [-0.25, -0.2) is 4.98 Å². The Morgan fingerprint density at radius 2 is 2.09 bits per heavy atom. The van der Waals surface area contributed by atoms with E-state index in [9.17, 15) is 10.4 Å². The van der Waals surface area contributed by atoms with E-state index in [1.54, 1.807) is 6.08 Å². The van der Waals surface area contributed by atoms with Gasteiger partial charge in [0.1, 0.15) is 23.7 Å². The van der Waals surface area contributed by atoms with Crippen molar-refractivity contribution in [3.63, 3.8) is 0 Å². The van der Waals surface area contributed by atoms with Crippen LogP contribution in [0.1, 0.15) is 59.9 Å². The second-order valence-electron chi connectivity index (χ2n) is 11.1. The normalized spacial score (nSPS) is 25.1. The zero-order chi connectivity index (χ0) is 23.9. The Kier molecular flexibility index (Phi) is 4.46. The number of benzene rings is 1. The first-order chi connectivity index (χ1) is 17.0. The van der Waals surface area contributed by atoms with E-state index < -0.39 is 6.23 Å². The monoisotopic (exact) mass is 466 g/mol. The van der Waals surface area contributed by atoms with Crippen LogP contribution in [0.25, 0.3) is 22.0 Å². The summed E-state index contributed by atoms with van der Waals surface area (Å²) in [6, 6.07) is 6.82. The summed E-state index contributed by atoms with van der Waals surface area (Å²) in [5.74, 6) is 1.85. The van der Waals surface area contributed by atoms with Crippen LogP contribution in [-0.2, 0) is 0 Å². The topological polar surface area (TPSA) is 92.1 Å². The Balaban J connectivity index is 1.38. The van der Waals surface area contributed by atoms with E-state index in [0.717, 1.165) is 66.9 Å². The third-order valence-corrected chi connectivity index (χ3v) is 9.07. The number of fused-ring (bicyclic) bond motifs is 6. The quantitative estimate of drug-likeness (QED) is 0.561. The molecule has 3 aromatic rings. The van der Waals surface area contributed by atoms with Crippen molar-refractivity contribution in [1.29, 1.82) is 5.26 Å². The van der Waals surface area contributed by atoms with Crippen LogP contribution in [0.2, 0.25) is 0 Å². The minimum absolute atomic E-state index is 0.150. The maximum Gasteiger partial charge on any atom is 0.147 e. The number of aromatic nitrogens is 3. The predicted octanol–water partition coefficient (Wildman–Crippen LogP) is 4.19. The van der Waals surface area contributed by atoms with Crippen molar-refractivity contribution in [2.75, 3.05) is 31.1 Å². The third-order valence-electron chi connectivity index (χ3n) is 9.07. The highest BCUT2D eigenvalue weighted by atomic mass is 16.3. The van der Waals surface area contributed by atoms with Gasteiger partial charge in [-0.2, -0.15) is 10.4 Å². The highest BCUT2D eigenvalue weighted by molar-refractivity contribution is 6.00.